The Kier molecular flexibility index (Phi) is 9.53. The monoisotopic (exact) mass is 295 g/mol. The highest BCUT2D eigenvalue weighted by molar-refractivity contribution is 5.07. The van der Waals surface area contributed by atoms with Crippen LogP contribution in [0.3, 0.4) is 0 Å². The van der Waals surface area contributed by atoms with Gasteiger partial charge < -0.3 is 4.90 Å². The second-order valence-electron chi connectivity index (χ2n) is 8.49. The zero-order valence-electron chi connectivity index (χ0n) is 16.0. The van der Waals surface area contributed by atoms with Crippen LogP contribution < -0.4 is 0 Å². The molecular formula is C20H41N. The molecule has 0 atom stereocenters. The van der Waals surface area contributed by atoms with Crippen molar-refractivity contribution in [3.63, 3.8) is 0 Å². The van der Waals surface area contributed by atoms with Crippen LogP contribution in [0.15, 0.2) is 12.2 Å². The van der Waals surface area contributed by atoms with Gasteiger partial charge in [-0.15, -0.1) is 0 Å². The van der Waals surface area contributed by atoms with Gasteiger partial charge in [0, 0.05) is 0 Å². The van der Waals surface area contributed by atoms with Gasteiger partial charge in [0.05, 0.1) is 0 Å². The van der Waals surface area contributed by atoms with Crippen molar-refractivity contribution in [1.82, 2.24) is 4.90 Å². The lowest BCUT2D eigenvalue weighted by Gasteiger charge is -2.31. The van der Waals surface area contributed by atoms with Crippen molar-refractivity contribution in [2.75, 3.05) is 19.6 Å². The first-order chi connectivity index (χ1) is 9.62. The summed E-state index contributed by atoms with van der Waals surface area (Å²) >= 11 is 0. The summed E-state index contributed by atoms with van der Waals surface area (Å²) in [6, 6.07) is 0. The van der Waals surface area contributed by atoms with E-state index in [-0.39, 0.29) is 5.41 Å². The van der Waals surface area contributed by atoms with Crippen molar-refractivity contribution in [2.45, 2.75) is 87.0 Å². The number of nitrogens with zero attached hydrogens (tertiary/aromatic N) is 1. The van der Waals surface area contributed by atoms with Gasteiger partial charge in [0.25, 0.3) is 0 Å². The summed E-state index contributed by atoms with van der Waals surface area (Å²) < 4.78 is 0. The van der Waals surface area contributed by atoms with E-state index in [0.29, 0.717) is 5.41 Å². The third kappa shape index (κ3) is 10.1. The maximum absolute atomic E-state index is 4.40. The summed E-state index contributed by atoms with van der Waals surface area (Å²) in [6.45, 7) is 24.4. The van der Waals surface area contributed by atoms with Crippen LogP contribution in [0.5, 0.6) is 0 Å². The van der Waals surface area contributed by atoms with Crippen LogP contribution in [-0.4, -0.2) is 24.5 Å². The fourth-order valence-corrected chi connectivity index (χ4v) is 2.75. The topological polar surface area (TPSA) is 3.24 Å². The zero-order chi connectivity index (χ0) is 16.5. The summed E-state index contributed by atoms with van der Waals surface area (Å²) in [6.07, 6.45) is 7.51. The average molecular weight is 296 g/mol. The van der Waals surface area contributed by atoms with E-state index in [1.54, 1.807) is 0 Å². The molecule has 0 amide bonds. The second-order valence-corrected chi connectivity index (χ2v) is 8.49. The maximum Gasteiger partial charge on any atom is -0.00106 e. The molecule has 0 aromatic carbocycles. The maximum atomic E-state index is 4.40. The molecule has 0 N–H and O–H groups in total. The van der Waals surface area contributed by atoms with E-state index in [1.807, 2.05) is 0 Å². The highest BCUT2D eigenvalue weighted by Gasteiger charge is 2.22. The molecule has 126 valence electrons. The number of rotatable bonds is 11. The Morgan fingerprint density at radius 1 is 0.857 bits per heavy atom. The largest absolute Gasteiger partial charge is 0.303 e. The summed E-state index contributed by atoms with van der Waals surface area (Å²) in [5.41, 5.74) is 2.17. The fourth-order valence-electron chi connectivity index (χ4n) is 2.75. The molecule has 1 nitrogen and oxygen atoms in total. The smallest absolute Gasteiger partial charge is 0.00106 e. The van der Waals surface area contributed by atoms with Crippen molar-refractivity contribution in [3.05, 3.63) is 12.2 Å². The average Bonchev–Trinajstić information content (AvgIpc) is 2.35. The van der Waals surface area contributed by atoms with Crippen LogP contribution in [0, 0.1) is 10.8 Å². The molecule has 0 aliphatic heterocycles. The molecule has 0 unspecified atom stereocenters. The molecule has 21 heavy (non-hydrogen) atoms. The van der Waals surface area contributed by atoms with Crippen LogP contribution >= 0.6 is 0 Å². The zero-order valence-corrected chi connectivity index (χ0v) is 16.0. The van der Waals surface area contributed by atoms with Crippen LogP contribution in [0.25, 0.3) is 0 Å². The molecule has 0 bridgehead atoms. The molecule has 1 heteroatoms. The Labute approximate surface area is 135 Å². The number of hydrogen-bond donors (Lipinski definition) is 0. The molecule has 0 aromatic rings. The minimum absolute atomic E-state index is 0.275. The first-order valence-corrected chi connectivity index (χ1v) is 9.03. The third-order valence-electron chi connectivity index (χ3n) is 4.50. The van der Waals surface area contributed by atoms with E-state index in [4.69, 9.17) is 0 Å². The lowest BCUT2D eigenvalue weighted by atomic mass is 9.78. The SMILES string of the molecule is C=C(CCCC(C)(C)C)C(C)(C)CCN(CCC)CCC. The summed E-state index contributed by atoms with van der Waals surface area (Å²) in [4.78, 5) is 2.62. The molecule has 0 heterocycles. The van der Waals surface area contributed by atoms with Gasteiger partial charge in [0.15, 0.2) is 0 Å². The molecule has 0 rings (SSSR count). The standard InChI is InChI=1S/C20H41N/c1-9-15-21(16-10-2)17-14-20(7,8)18(3)12-11-13-19(4,5)6/h3,9-17H2,1-2,4-8H3. The van der Waals surface area contributed by atoms with Crippen molar-refractivity contribution < 1.29 is 0 Å². The summed E-state index contributed by atoms with van der Waals surface area (Å²) in [7, 11) is 0. The third-order valence-corrected chi connectivity index (χ3v) is 4.50. The van der Waals surface area contributed by atoms with Gasteiger partial charge in [-0.05, 0) is 69.0 Å². The number of hydrogen-bond acceptors (Lipinski definition) is 1. The highest BCUT2D eigenvalue weighted by Crippen LogP contribution is 2.34. The lowest BCUT2D eigenvalue weighted by Crippen LogP contribution is -2.30. The van der Waals surface area contributed by atoms with Crippen LogP contribution in [0.4, 0.5) is 0 Å². The van der Waals surface area contributed by atoms with Crippen molar-refractivity contribution in [1.29, 1.82) is 0 Å². The first kappa shape index (κ1) is 20.7. The molecule has 0 saturated heterocycles. The molecular weight excluding hydrogens is 254 g/mol. The summed E-state index contributed by atoms with van der Waals surface area (Å²) in [5.74, 6) is 0. The second kappa shape index (κ2) is 9.66. The molecule has 0 aliphatic carbocycles. The quantitative estimate of drug-likeness (QED) is 0.404. The molecule has 0 radical (unpaired) electrons. The van der Waals surface area contributed by atoms with Gasteiger partial charge in [-0.3, -0.25) is 0 Å². The fraction of sp³-hybridized carbons (Fsp3) is 0.900. The van der Waals surface area contributed by atoms with Gasteiger partial charge in [-0.25, -0.2) is 0 Å². The van der Waals surface area contributed by atoms with E-state index < -0.39 is 0 Å². The normalized spacial score (nSPS) is 13.0. The molecule has 0 spiro atoms. The van der Waals surface area contributed by atoms with Gasteiger partial charge in [0.2, 0.25) is 0 Å². The Morgan fingerprint density at radius 3 is 1.81 bits per heavy atom. The van der Waals surface area contributed by atoms with Crippen LogP contribution in [0.1, 0.15) is 87.0 Å². The Bertz CT molecular complexity index is 277. The number of allylic oxidation sites excluding steroid dienone is 1. The van der Waals surface area contributed by atoms with Gasteiger partial charge in [-0.1, -0.05) is 60.6 Å². The van der Waals surface area contributed by atoms with Crippen molar-refractivity contribution in [2.24, 2.45) is 10.8 Å². The minimum Gasteiger partial charge on any atom is -0.303 e. The summed E-state index contributed by atoms with van der Waals surface area (Å²) in [5, 5.41) is 0. The van der Waals surface area contributed by atoms with E-state index in [9.17, 15) is 0 Å². The van der Waals surface area contributed by atoms with Gasteiger partial charge >= 0.3 is 0 Å². The predicted octanol–water partition coefficient (Wildman–Crippen LogP) is 6.30. The van der Waals surface area contributed by atoms with Crippen LogP contribution in [0.2, 0.25) is 0 Å². The van der Waals surface area contributed by atoms with E-state index >= 15 is 0 Å². The molecule has 0 aliphatic rings. The van der Waals surface area contributed by atoms with Crippen molar-refractivity contribution in [3.8, 4) is 0 Å². The highest BCUT2D eigenvalue weighted by atomic mass is 15.1. The minimum atomic E-state index is 0.275. The van der Waals surface area contributed by atoms with E-state index in [2.05, 4.69) is 59.9 Å². The van der Waals surface area contributed by atoms with Gasteiger partial charge in [0.1, 0.15) is 0 Å². The van der Waals surface area contributed by atoms with E-state index in [0.717, 1.165) is 0 Å². The van der Waals surface area contributed by atoms with E-state index in [1.165, 1.54) is 63.7 Å². The Hall–Kier alpha value is -0.300. The van der Waals surface area contributed by atoms with Crippen LogP contribution in [-0.2, 0) is 0 Å². The Balaban J connectivity index is 4.23. The molecule has 0 aromatic heterocycles. The van der Waals surface area contributed by atoms with Crippen molar-refractivity contribution >= 4 is 0 Å². The predicted molar refractivity (Wildman–Crippen MR) is 97.9 cm³/mol. The lowest BCUT2D eigenvalue weighted by molar-refractivity contribution is 0.232. The molecule has 0 fully saturated rings. The van der Waals surface area contributed by atoms with Gasteiger partial charge in [-0.2, -0.15) is 0 Å². The Morgan fingerprint density at radius 2 is 1.38 bits per heavy atom. The molecule has 0 saturated carbocycles. The first-order valence-electron chi connectivity index (χ1n) is 9.03.